The Balaban J connectivity index is 1.39. The maximum Gasteiger partial charge on any atom is 0.311 e. The van der Waals surface area contributed by atoms with Crippen molar-refractivity contribution in [3.8, 4) is 16.9 Å². The van der Waals surface area contributed by atoms with Crippen LogP contribution in [0.1, 0.15) is 26.5 Å². The maximum absolute atomic E-state index is 13.0. The summed E-state index contributed by atoms with van der Waals surface area (Å²) in [6.07, 6.45) is 1.33. The van der Waals surface area contributed by atoms with E-state index in [1.54, 1.807) is 30.3 Å². The molecular formula is C25H19FN4O6. The van der Waals surface area contributed by atoms with Gasteiger partial charge in [0, 0.05) is 29.4 Å². The third kappa shape index (κ3) is 5.47. The number of halogens is 1. The van der Waals surface area contributed by atoms with Crippen molar-refractivity contribution in [3.63, 3.8) is 0 Å². The van der Waals surface area contributed by atoms with Crippen LogP contribution in [0.2, 0.25) is 0 Å². The third-order valence-corrected chi connectivity index (χ3v) is 5.20. The molecule has 4 rings (SSSR count). The SMILES string of the molecule is O=C(NNC(=O)c1occc1-c1ccc(NCc2ccc(F)cc2)cc1)c1ccc(O)c([N+](=O)[O-])c1. The van der Waals surface area contributed by atoms with Gasteiger partial charge < -0.3 is 14.8 Å². The van der Waals surface area contributed by atoms with Gasteiger partial charge in [-0.1, -0.05) is 24.3 Å². The lowest BCUT2D eigenvalue weighted by atomic mass is 10.1. The molecule has 3 aromatic carbocycles. The van der Waals surface area contributed by atoms with Crippen LogP contribution in [0, 0.1) is 15.9 Å². The second kappa shape index (κ2) is 10.4. The van der Waals surface area contributed by atoms with Gasteiger partial charge in [0.05, 0.1) is 11.2 Å². The summed E-state index contributed by atoms with van der Waals surface area (Å²) in [5.74, 6) is -2.50. The molecular weight excluding hydrogens is 471 g/mol. The number of benzene rings is 3. The van der Waals surface area contributed by atoms with Gasteiger partial charge in [0.25, 0.3) is 5.91 Å². The Labute approximate surface area is 203 Å². The van der Waals surface area contributed by atoms with Crippen LogP contribution >= 0.6 is 0 Å². The van der Waals surface area contributed by atoms with Gasteiger partial charge >= 0.3 is 11.6 Å². The normalized spacial score (nSPS) is 10.5. The lowest BCUT2D eigenvalue weighted by molar-refractivity contribution is -0.385. The van der Waals surface area contributed by atoms with E-state index >= 15 is 0 Å². The molecule has 0 radical (unpaired) electrons. The van der Waals surface area contributed by atoms with Gasteiger partial charge in [0.1, 0.15) is 5.82 Å². The summed E-state index contributed by atoms with van der Waals surface area (Å²) in [4.78, 5) is 35.0. The molecule has 4 N–H and O–H groups in total. The van der Waals surface area contributed by atoms with Crippen LogP contribution in [-0.2, 0) is 6.54 Å². The molecule has 0 saturated carbocycles. The molecule has 0 bridgehead atoms. The van der Waals surface area contributed by atoms with Crippen LogP contribution in [0.3, 0.4) is 0 Å². The predicted molar refractivity (Wildman–Crippen MR) is 128 cm³/mol. The van der Waals surface area contributed by atoms with Crippen LogP contribution in [0.15, 0.2) is 83.5 Å². The minimum absolute atomic E-state index is 0.0565. The maximum atomic E-state index is 13.0. The van der Waals surface area contributed by atoms with Crippen LogP contribution in [0.5, 0.6) is 5.75 Å². The summed E-state index contributed by atoms with van der Waals surface area (Å²) in [6, 6.07) is 18.0. The molecule has 11 heteroatoms. The molecule has 2 amide bonds. The Morgan fingerprint density at radius 1 is 0.944 bits per heavy atom. The number of furan rings is 1. The molecule has 36 heavy (non-hydrogen) atoms. The van der Waals surface area contributed by atoms with Crippen molar-refractivity contribution in [1.29, 1.82) is 0 Å². The van der Waals surface area contributed by atoms with Crippen molar-refractivity contribution < 1.29 is 28.4 Å². The molecule has 0 aliphatic carbocycles. The van der Waals surface area contributed by atoms with Crippen LogP contribution in [0.4, 0.5) is 15.8 Å². The molecule has 0 atom stereocenters. The predicted octanol–water partition coefficient (Wildman–Crippen LogP) is 4.39. The number of aromatic hydroxyl groups is 1. The molecule has 0 saturated heterocycles. The Bertz CT molecular complexity index is 1420. The first kappa shape index (κ1) is 24.0. The first-order valence-corrected chi connectivity index (χ1v) is 10.6. The second-order valence-corrected chi connectivity index (χ2v) is 7.59. The highest BCUT2D eigenvalue weighted by Crippen LogP contribution is 2.27. The standard InChI is InChI=1S/C25H19FN4O6/c26-18-6-1-15(2-7-18)14-27-19-8-3-16(4-9-19)20-11-12-36-23(20)25(33)29-28-24(32)17-5-10-22(31)21(13-17)30(34)35/h1-13,27,31H,14H2,(H,28,32)(H,29,33). The Kier molecular flexibility index (Phi) is 6.91. The number of carbonyl (C=O) groups is 2. The summed E-state index contributed by atoms with van der Waals surface area (Å²) in [6.45, 7) is 0.503. The zero-order valence-corrected chi connectivity index (χ0v) is 18.5. The highest BCUT2D eigenvalue weighted by atomic mass is 19.1. The molecule has 0 fully saturated rings. The Hall–Kier alpha value is -5.19. The number of rotatable bonds is 7. The molecule has 10 nitrogen and oxygen atoms in total. The topological polar surface area (TPSA) is 147 Å². The molecule has 0 unspecified atom stereocenters. The van der Waals surface area contributed by atoms with Gasteiger partial charge in [0.15, 0.2) is 5.75 Å². The number of anilines is 1. The van der Waals surface area contributed by atoms with E-state index in [1.807, 2.05) is 12.1 Å². The number of phenols is 1. The second-order valence-electron chi connectivity index (χ2n) is 7.59. The first-order chi connectivity index (χ1) is 17.3. The van der Waals surface area contributed by atoms with E-state index in [0.29, 0.717) is 17.7 Å². The molecule has 0 aliphatic heterocycles. The lowest BCUT2D eigenvalue weighted by Crippen LogP contribution is -2.41. The number of hydrogen-bond donors (Lipinski definition) is 4. The number of nitrogens with zero attached hydrogens (tertiary/aromatic N) is 1. The highest BCUT2D eigenvalue weighted by Gasteiger charge is 2.20. The van der Waals surface area contributed by atoms with E-state index in [1.165, 1.54) is 24.5 Å². The first-order valence-electron chi connectivity index (χ1n) is 10.6. The number of hydrazine groups is 1. The monoisotopic (exact) mass is 490 g/mol. The fourth-order valence-electron chi connectivity index (χ4n) is 3.34. The Morgan fingerprint density at radius 2 is 1.64 bits per heavy atom. The molecule has 182 valence electrons. The van der Waals surface area contributed by atoms with E-state index in [-0.39, 0.29) is 17.1 Å². The minimum atomic E-state index is -0.830. The number of hydrogen-bond acceptors (Lipinski definition) is 7. The number of nitro benzene ring substituents is 1. The third-order valence-electron chi connectivity index (χ3n) is 5.20. The van der Waals surface area contributed by atoms with E-state index in [9.17, 15) is 29.2 Å². The number of amides is 2. The zero-order chi connectivity index (χ0) is 25.7. The van der Waals surface area contributed by atoms with E-state index in [0.717, 1.165) is 23.4 Å². The number of carbonyl (C=O) groups excluding carboxylic acids is 2. The lowest BCUT2D eigenvalue weighted by Gasteiger charge is -2.09. The smallest absolute Gasteiger partial charge is 0.311 e. The molecule has 1 aromatic heterocycles. The minimum Gasteiger partial charge on any atom is -0.502 e. The fraction of sp³-hybridized carbons (Fsp3) is 0.0400. The quantitative estimate of drug-likeness (QED) is 0.222. The van der Waals surface area contributed by atoms with Crippen molar-refractivity contribution in [1.82, 2.24) is 10.9 Å². The van der Waals surface area contributed by atoms with E-state index < -0.39 is 28.2 Å². The van der Waals surface area contributed by atoms with Gasteiger partial charge in [-0.05, 0) is 53.6 Å². The highest BCUT2D eigenvalue weighted by molar-refractivity contribution is 6.01. The number of nitrogens with one attached hydrogen (secondary N) is 3. The van der Waals surface area contributed by atoms with Crippen molar-refractivity contribution in [2.24, 2.45) is 0 Å². The number of phenolic OH excluding ortho intramolecular Hbond substituents is 1. The summed E-state index contributed by atoms with van der Waals surface area (Å²) in [7, 11) is 0. The Morgan fingerprint density at radius 3 is 2.33 bits per heavy atom. The van der Waals surface area contributed by atoms with Gasteiger partial charge in [-0.2, -0.15) is 0 Å². The van der Waals surface area contributed by atoms with Crippen LogP contribution < -0.4 is 16.2 Å². The van der Waals surface area contributed by atoms with E-state index in [4.69, 9.17) is 4.42 Å². The van der Waals surface area contributed by atoms with Crippen molar-refractivity contribution >= 4 is 23.2 Å². The summed E-state index contributed by atoms with van der Waals surface area (Å²) < 4.78 is 18.3. The van der Waals surface area contributed by atoms with E-state index in [2.05, 4.69) is 16.2 Å². The van der Waals surface area contributed by atoms with Crippen molar-refractivity contribution in [2.45, 2.75) is 6.54 Å². The average molecular weight is 490 g/mol. The summed E-state index contributed by atoms with van der Waals surface area (Å²) >= 11 is 0. The van der Waals surface area contributed by atoms with Crippen LogP contribution in [0.25, 0.3) is 11.1 Å². The fourth-order valence-corrected chi connectivity index (χ4v) is 3.34. The van der Waals surface area contributed by atoms with Crippen LogP contribution in [-0.4, -0.2) is 21.8 Å². The van der Waals surface area contributed by atoms with Gasteiger partial charge in [-0.25, -0.2) is 4.39 Å². The van der Waals surface area contributed by atoms with Crippen molar-refractivity contribution in [3.05, 3.63) is 112 Å². The van der Waals surface area contributed by atoms with Gasteiger partial charge in [-0.15, -0.1) is 0 Å². The summed E-state index contributed by atoms with van der Waals surface area (Å²) in [5.41, 5.74) is 6.48. The molecule has 4 aromatic rings. The van der Waals surface area contributed by atoms with Crippen molar-refractivity contribution in [2.75, 3.05) is 5.32 Å². The van der Waals surface area contributed by atoms with Gasteiger partial charge in [-0.3, -0.25) is 30.6 Å². The largest absolute Gasteiger partial charge is 0.502 e. The molecule has 1 heterocycles. The molecule has 0 aliphatic rings. The number of nitro groups is 1. The average Bonchev–Trinajstić information content (AvgIpc) is 3.37. The summed E-state index contributed by atoms with van der Waals surface area (Å²) in [5, 5.41) is 23.7. The zero-order valence-electron chi connectivity index (χ0n) is 18.5. The molecule has 0 spiro atoms. The van der Waals surface area contributed by atoms with Gasteiger partial charge in [0.2, 0.25) is 5.76 Å².